The molecule has 0 N–H and O–H groups in total. The van der Waals surface area contributed by atoms with Crippen molar-refractivity contribution >= 4 is 38.7 Å². The molecule has 2 nitrogen and oxygen atoms in total. The van der Waals surface area contributed by atoms with Crippen molar-refractivity contribution in [3.05, 3.63) is 197 Å². The minimum Gasteiger partial charge on any atom is -0.279 e. The predicted molar refractivity (Wildman–Crippen MR) is 219 cm³/mol. The molecule has 0 unspecified atom stereocenters. The van der Waals surface area contributed by atoms with Gasteiger partial charge in [0.1, 0.15) is 0 Å². The first kappa shape index (κ1) is 33.9. The van der Waals surface area contributed by atoms with E-state index in [1.54, 1.807) is 0 Å². The van der Waals surface area contributed by atoms with Crippen molar-refractivity contribution in [3.63, 3.8) is 0 Å². The second-order valence-corrected chi connectivity index (χ2v) is 15.4. The number of hydrogen-bond acceptors (Lipinski definition) is 2. The molecule has 0 fully saturated rings. The monoisotopic (exact) mass is 662 g/mol. The Kier molecular flexibility index (Phi) is 9.27. The number of nitrogens with zero attached hydrogens (tertiary/aromatic N) is 2. The maximum absolute atomic E-state index is 5.35. The summed E-state index contributed by atoms with van der Waals surface area (Å²) >= 11 is 0. The highest BCUT2D eigenvalue weighted by atomic mass is 14.8. The first-order chi connectivity index (χ1) is 24.6. The molecular formula is C49H46N2. The summed E-state index contributed by atoms with van der Waals surface area (Å²) < 4.78 is 0. The van der Waals surface area contributed by atoms with E-state index in [0.717, 1.165) is 39.4 Å². The zero-order valence-electron chi connectivity index (χ0n) is 30.6. The number of fused-ring (bicyclic) bond motifs is 2. The molecule has 0 aliphatic heterocycles. The molecule has 7 rings (SSSR count). The second-order valence-electron chi connectivity index (χ2n) is 15.4. The van der Waals surface area contributed by atoms with Crippen LogP contribution in [-0.2, 0) is 17.4 Å². The molecule has 7 aromatic carbocycles. The molecule has 0 aliphatic rings. The van der Waals surface area contributed by atoms with Crippen molar-refractivity contribution in [2.24, 2.45) is 9.98 Å². The minimum absolute atomic E-state index is 0.0991. The Morgan fingerprint density at radius 1 is 0.412 bits per heavy atom. The predicted octanol–water partition coefficient (Wildman–Crippen LogP) is 12.8. The van der Waals surface area contributed by atoms with Gasteiger partial charge in [0.2, 0.25) is 0 Å². The fraction of sp³-hybridized carbons (Fsp3) is 0.184. The Morgan fingerprint density at radius 2 is 0.804 bits per heavy atom. The second kappa shape index (κ2) is 14.0. The highest BCUT2D eigenvalue weighted by Crippen LogP contribution is 2.45. The molecule has 252 valence electrons. The van der Waals surface area contributed by atoms with E-state index in [0.29, 0.717) is 6.54 Å². The zero-order chi connectivity index (χ0) is 35.6. The highest BCUT2D eigenvalue weighted by Gasteiger charge is 2.28. The molecule has 2 heteroatoms. The van der Waals surface area contributed by atoms with Gasteiger partial charge in [-0.2, -0.15) is 0 Å². The molecule has 0 heterocycles. The third-order valence-electron chi connectivity index (χ3n) is 9.51. The molecule has 0 aliphatic carbocycles. The van der Waals surface area contributed by atoms with E-state index in [9.17, 15) is 0 Å². The van der Waals surface area contributed by atoms with E-state index in [4.69, 9.17) is 9.98 Å². The van der Waals surface area contributed by atoms with E-state index in [-0.39, 0.29) is 10.8 Å². The van der Waals surface area contributed by atoms with Gasteiger partial charge in [0.15, 0.2) is 0 Å². The molecular weight excluding hydrogens is 617 g/mol. The lowest BCUT2D eigenvalue weighted by Gasteiger charge is -2.30. The van der Waals surface area contributed by atoms with Crippen molar-refractivity contribution in [1.82, 2.24) is 0 Å². The number of rotatable bonds is 7. The van der Waals surface area contributed by atoms with Crippen molar-refractivity contribution in [2.75, 3.05) is 0 Å². The number of benzene rings is 7. The quantitative estimate of drug-likeness (QED) is 0.120. The summed E-state index contributed by atoms with van der Waals surface area (Å²) in [5.74, 6) is 0. The maximum atomic E-state index is 5.35. The average Bonchev–Trinajstić information content (AvgIpc) is 3.13. The van der Waals surface area contributed by atoms with Crippen LogP contribution >= 0.6 is 0 Å². The Hall–Kier alpha value is -5.60. The van der Waals surface area contributed by atoms with Crippen LogP contribution in [0.4, 0.5) is 5.69 Å². The summed E-state index contributed by atoms with van der Waals surface area (Å²) in [4.78, 5) is 10.6. The van der Waals surface area contributed by atoms with Crippen LogP contribution in [0, 0.1) is 0 Å². The van der Waals surface area contributed by atoms with Gasteiger partial charge in [-0.1, -0.05) is 181 Å². The maximum Gasteiger partial charge on any atom is 0.0781 e. The van der Waals surface area contributed by atoms with Gasteiger partial charge in [0.25, 0.3) is 0 Å². The minimum atomic E-state index is -0.107. The van der Waals surface area contributed by atoms with Crippen LogP contribution < -0.4 is 0 Å². The molecule has 0 amide bonds. The van der Waals surface area contributed by atoms with Gasteiger partial charge in [-0.25, -0.2) is 4.99 Å². The Balaban J connectivity index is 1.42. The Labute approximate surface area is 303 Å². The number of aliphatic imine (C=N–C) groups is 2. The average molecular weight is 663 g/mol. The van der Waals surface area contributed by atoms with Gasteiger partial charge < -0.3 is 0 Å². The summed E-state index contributed by atoms with van der Waals surface area (Å²) in [6.07, 6.45) is 0. The summed E-state index contributed by atoms with van der Waals surface area (Å²) in [6, 6.07) is 55.9. The van der Waals surface area contributed by atoms with Crippen molar-refractivity contribution in [2.45, 2.75) is 58.9 Å². The standard InChI is InChI=1S/C49H46N2/c1-48(2,3)44-41-30-28-39(51-47(37-23-15-9-16-24-37)38-25-17-10-18-26-38)32-43(41)45(49(4,5)6)40-29-27-34(31-42(40)44)33-50-46(35-19-11-7-12-20-35)36-21-13-8-14-22-36/h7-32H,33H2,1-6H3. The highest BCUT2D eigenvalue weighted by molar-refractivity contribution is 6.15. The Bertz CT molecular complexity index is 2270. The van der Waals surface area contributed by atoms with Crippen LogP contribution in [-0.4, -0.2) is 11.4 Å². The van der Waals surface area contributed by atoms with Gasteiger partial charge in [-0.3, -0.25) is 4.99 Å². The first-order valence-corrected chi connectivity index (χ1v) is 18.0. The van der Waals surface area contributed by atoms with Gasteiger partial charge in [-0.15, -0.1) is 0 Å². The fourth-order valence-electron chi connectivity index (χ4n) is 7.38. The Morgan fingerprint density at radius 3 is 1.24 bits per heavy atom. The van der Waals surface area contributed by atoms with Crippen molar-refractivity contribution in [1.29, 1.82) is 0 Å². The molecule has 7 aromatic rings. The summed E-state index contributed by atoms with van der Waals surface area (Å²) in [5.41, 5.74) is 11.1. The lowest BCUT2D eigenvalue weighted by molar-refractivity contribution is 0.593. The largest absolute Gasteiger partial charge is 0.279 e. The lowest BCUT2D eigenvalue weighted by atomic mass is 9.74. The molecule has 0 aromatic heterocycles. The van der Waals surface area contributed by atoms with Gasteiger partial charge in [0.05, 0.1) is 23.7 Å². The first-order valence-electron chi connectivity index (χ1n) is 18.0. The van der Waals surface area contributed by atoms with Crippen LogP contribution in [0.25, 0.3) is 21.5 Å². The van der Waals surface area contributed by atoms with Crippen LogP contribution in [0.1, 0.15) is 80.5 Å². The molecule has 0 bridgehead atoms. The molecule has 0 radical (unpaired) electrons. The lowest BCUT2D eigenvalue weighted by Crippen LogP contribution is -2.17. The van der Waals surface area contributed by atoms with E-state index < -0.39 is 0 Å². The van der Waals surface area contributed by atoms with Crippen molar-refractivity contribution < 1.29 is 0 Å². The molecule has 0 atom stereocenters. The van der Waals surface area contributed by atoms with E-state index in [2.05, 4.69) is 199 Å². The molecule has 0 saturated heterocycles. The van der Waals surface area contributed by atoms with E-state index in [1.807, 2.05) is 0 Å². The summed E-state index contributed by atoms with van der Waals surface area (Å²) in [6.45, 7) is 14.6. The topological polar surface area (TPSA) is 24.7 Å². The molecule has 0 saturated carbocycles. The summed E-state index contributed by atoms with van der Waals surface area (Å²) in [7, 11) is 0. The van der Waals surface area contributed by atoms with Gasteiger partial charge in [0, 0.05) is 22.3 Å². The van der Waals surface area contributed by atoms with Gasteiger partial charge >= 0.3 is 0 Å². The van der Waals surface area contributed by atoms with Crippen molar-refractivity contribution in [3.8, 4) is 0 Å². The van der Waals surface area contributed by atoms with Crippen LogP contribution in [0.15, 0.2) is 168 Å². The van der Waals surface area contributed by atoms with Crippen LogP contribution in [0.2, 0.25) is 0 Å². The van der Waals surface area contributed by atoms with Gasteiger partial charge in [-0.05, 0) is 67.3 Å². The third-order valence-corrected chi connectivity index (χ3v) is 9.51. The molecule has 51 heavy (non-hydrogen) atoms. The van der Waals surface area contributed by atoms with Crippen LogP contribution in [0.3, 0.4) is 0 Å². The number of hydrogen-bond donors (Lipinski definition) is 0. The smallest absolute Gasteiger partial charge is 0.0781 e. The van der Waals surface area contributed by atoms with E-state index >= 15 is 0 Å². The summed E-state index contributed by atoms with van der Waals surface area (Å²) in [5, 5.41) is 5.16. The van der Waals surface area contributed by atoms with E-state index in [1.165, 1.54) is 38.2 Å². The normalized spacial score (nSPS) is 11.8. The molecule has 0 spiro atoms. The SMILES string of the molecule is CC(C)(C)c1c2ccc(N=C(c3ccccc3)c3ccccc3)cc2c(C(C)(C)C)c2ccc(CN=C(c3ccccc3)c3ccccc3)cc12. The van der Waals surface area contributed by atoms with Crippen LogP contribution in [0.5, 0.6) is 0 Å². The zero-order valence-corrected chi connectivity index (χ0v) is 30.6. The third kappa shape index (κ3) is 7.19. The fourth-order valence-corrected chi connectivity index (χ4v) is 7.38.